The molecule has 0 saturated carbocycles. The van der Waals surface area contributed by atoms with Crippen LogP contribution in [0.3, 0.4) is 0 Å². The number of carbonyl (C=O) groups is 1. The van der Waals surface area contributed by atoms with Gasteiger partial charge in [0.15, 0.2) is 0 Å². The van der Waals surface area contributed by atoms with Gasteiger partial charge in [-0.05, 0) is 17.7 Å². The van der Waals surface area contributed by atoms with Gasteiger partial charge < -0.3 is 10.1 Å². The first-order valence-electron chi connectivity index (χ1n) is 5.42. The highest BCUT2D eigenvalue weighted by Crippen LogP contribution is 2.12. The summed E-state index contributed by atoms with van der Waals surface area (Å²) < 4.78 is 28.1. The molecule has 1 aromatic carbocycles. The van der Waals surface area contributed by atoms with Gasteiger partial charge in [-0.25, -0.2) is 8.78 Å². The molecule has 18 heavy (non-hydrogen) atoms. The maximum atomic E-state index is 11.7. The minimum Gasteiger partial charge on any atom is -0.375 e. The first kappa shape index (κ1) is 15.0. The smallest absolute Gasteiger partial charge is 0.261 e. The van der Waals surface area contributed by atoms with Crippen molar-refractivity contribution in [3.05, 3.63) is 29.8 Å². The molecule has 0 aromatic heterocycles. The molecule has 0 aliphatic carbocycles. The molecular weight excluding hydrogens is 308 g/mol. The third-order valence-corrected chi connectivity index (χ3v) is 2.76. The molecule has 0 fully saturated rings. The van der Waals surface area contributed by atoms with E-state index in [-0.39, 0.29) is 18.9 Å². The zero-order valence-electron chi connectivity index (χ0n) is 9.67. The van der Waals surface area contributed by atoms with Crippen LogP contribution in [-0.4, -0.2) is 25.5 Å². The number of ether oxygens (including phenoxy) is 1. The van der Waals surface area contributed by atoms with E-state index in [1.165, 1.54) is 0 Å². The molecule has 100 valence electrons. The van der Waals surface area contributed by atoms with Gasteiger partial charge in [-0.3, -0.25) is 4.79 Å². The van der Waals surface area contributed by atoms with Gasteiger partial charge in [-0.15, -0.1) is 0 Å². The molecule has 1 aromatic rings. The number of rotatable bonds is 7. The van der Waals surface area contributed by atoms with Gasteiger partial charge in [0, 0.05) is 11.0 Å². The van der Waals surface area contributed by atoms with Crippen LogP contribution in [0.4, 0.5) is 14.5 Å². The molecule has 6 heteroatoms. The molecule has 0 aliphatic heterocycles. The summed E-state index contributed by atoms with van der Waals surface area (Å²) in [5.74, 6) is -0.254. The monoisotopic (exact) mass is 321 g/mol. The third-order valence-electron chi connectivity index (χ3n) is 2.11. The lowest BCUT2D eigenvalue weighted by molar-refractivity contribution is -0.117. The van der Waals surface area contributed by atoms with Crippen LogP contribution in [0.5, 0.6) is 0 Å². The molecule has 0 heterocycles. The lowest BCUT2D eigenvalue weighted by atomic mass is 10.2. The third kappa shape index (κ3) is 6.07. The summed E-state index contributed by atoms with van der Waals surface area (Å²) >= 11 is 3.32. The molecule has 0 bridgehead atoms. The fourth-order valence-electron chi connectivity index (χ4n) is 1.24. The van der Waals surface area contributed by atoms with Gasteiger partial charge in [0.2, 0.25) is 5.91 Å². The highest BCUT2D eigenvalue weighted by Gasteiger charge is 2.05. The van der Waals surface area contributed by atoms with Crippen LogP contribution in [-0.2, 0) is 14.9 Å². The lowest BCUT2D eigenvalue weighted by Crippen LogP contribution is -2.15. The molecule has 1 amide bonds. The van der Waals surface area contributed by atoms with Crippen molar-refractivity contribution in [2.45, 2.75) is 18.2 Å². The van der Waals surface area contributed by atoms with E-state index in [9.17, 15) is 13.6 Å². The summed E-state index contributed by atoms with van der Waals surface area (Å²) in [4.78, 5) is 11.4. The van der Waals surface area contributed by atoms with Crippen molar-refractivity contribution in [3.8, 4) is 0 Å². The summed E-state index contributed by atoms with van der Waals surface area (Å²) in [5, 5.41) is 3.41. The van der Waals surface area contributed by atoms with E-state index in [2.05, 4.69) is 26.0 Å². The zero-order valence-corrected chi connectivity index (χ0v) is 11.3. The lowest BCUT2D eigenvalue weighted by Gasteiger charge is -2.06. The van der Waals surface area contributed by atoms with Gasteiger partial charge in [-0.2, -0.15) is 0 Å². The second-order valence-corrected chi connectivity index (χ2v) is 4.16. The second kappa shape index (κ2) is 8.16. The fourth-order valence-corrected chi connectivity index (χ4v) is 1.61. The maximum Gasteiger partial charge on any atom is 0.261 e. The van der Waals surface area contributed by atoms with Gasteiger partial charge in [0.05, 0.1) is 13.0 Å². The quantitative estimate of drug-likeness (QED) is 0.618. The van der Waals surface area contributed by atoms with E-state index in [1.54, 1.807) is 12.1 Å². The van der Waals surface area contributed by atoms with Crippen molar-refractivity contribution >= 4 is 27.5 Å². The van der Waals surface area contributed by atoms with Crippen LogP contribution in [0.2, 0.25) is 0 Å². The minimum atomic E-state index is -2.50. The molecule has 0 aliphatic rings. The first-order valence-corrected chi connectivity index (χ1v) is 6.54. The average Bonchev–Trinajstić information content (AvgIpc) is 2.35. The topological polar surface area (TPSA) is 38.3 Å². The predicted octanol–water partition coefficient (Wildman–Crippen LogP) is 3.19. The van der Waals surface area contributed by atoms with Gasteiger partial charge in [-0.1, -0.05) is 28.1 Å². The molecule has 0 spiro atoms. The summed E-state index contributed by atoms with van der Waals surface area (Å²) in [6.07, 6.45) is -2.43. The van der Waals surface area contributed by atoms with Crippen LogP contribution in [0, 0.1) is 0 Å². The average molecular weight is 322 g/mol. The molecule has 3 nitrogen and oxygen atoms in total. The number of alkyl halides is 3. The van der Waals surface area contributed by atoms with Gasteiger partial charge in [0.25, 0.3) is 6.43 Å². The molecule has 1 rings (SSSR count). The SMILES string of the molecule is O=C(CCOCC(F)F)Nc1ccc(CBr)cc1. The van der Waals surface area contributed by atoms with Crippen molar-refractivity contribution < 1.29 is 18.3 Å². The Kier molecular flexibility index (Phi) is 6.82. The van der Waals surface area contributed by atoms with Crippen LogP contribution in [0.15, 0.2) is 24.3 Å². The minimum absolute atomic E-state index is 0.00431. The van der Waals surface area contributed by atoms with Crippen LogP contribution >= 0.6 is 15.9 Å². The van der Waals surface area contributed by atoms with Crippen molar-refractivity contribution in [1.82, 2.24) is 0 Å². The number of hydrogen-bond acceptors (Lipinski definition) is 2. The first-order chi connectivity index (χ1) is 8.61. The molecule has 1 N–H and O–H groups in total. The highest BCUT2D eigenvalue weighted by atomic mass is 79.9. The van der Waals surface area contributed by atoms with E-state index in [4.69, 9.17) is 0 Å². The zero-order chi connectivity index (χ0) is 13.4. The summed E-state index contributed by atoms with van der Waals surface area (Å²) in [5.41, 5.74) is 1.78. The van der Waals surface area contributed by atoms with Crippen molar-refractivity contribution in [2.24, 2.45) is 0 Å². The number of amides is 1. The fraction of sp³-hybridized carbons (Fsp3) is 0.417. The Balaban J connectivity index is 2.26. The Morgan fingerprint density at radius 3 is 2.56 bits per heavy atom. The number of nitrogens with one attached hydrogen (secondary N) is 1. The van der Waals surface area contributed by atoms with Gasteiger partial charge >= 0.3 is 0 Å². The Morgan fingerprint density at radius 2 is 2.00 bits per heavy atom. The van der Waals surface area contributed by atoms with Crippen LogP contribution < -0.4 is 5.32 Å². The Morgan fingerprint density at radius 1 is 1.33 bits per heavy atom. The Labute approximate surface area is 113 Å². The Bertz CT molecular complexity index is 371. The van der Waals surface area contributed by atoms with Crippen molar-refractivity contribution in [3.63, 3.8) is 0 Å². The largest absolute Gasteiger partial charge is 0.375 e. The maximum absolute atomic E-state index is 11.7. The van der Waals surface area contributed by atoms with E-state index in [0.717, 1.165) is 10.9 Å². The van der Waals surface area contributed by atoms with E-state index >= 15 is 0 Å². The number of hydrogen-bond donors (Lipinski definition) is 1. The number of benzene rings is 1. The summed E-state index contributed by atoms with van der Waals surface area (Å²) in [7, 11) is 0. The predicted molar refractivity (Wildman–Crippen MR) is 69.1 cm³/mol. The second-order valence-electron chi connectivity index (χ2n) is 3.59. The Hall–Kier alpha value is -1.01. The highest BCUT2D eigenvalue weighted by molar-refractivity contribution is 9.08. The number of carbonyl (C=O) groups excluding carboxylic acids is 1. The molecule has 0 saturated heterocycles. The van der Waals surface area contributed by atoms with Crippen LogP contribution in [0.1, 0.15) is 12.0 Å². The van der Waals surface area contributed by atoms with Crippen molar-refractivity contribution in [2.75, 3.05) is 18.5 Å². The summed E-state index contributed by atoms with van der Waals surface area (Å²) in [6.45, 7) is -0.636. The van der Waals surface area contributed by atoms with E-state index < -0.39 is 13.0 Å². The molecule has 0 radical (unpaired) electrons. The number of anilines is 1. The number of halogens is 3. The summed E-state index contributed by atoms with van der Waals surface area (Å²) in [6, 6.07) is 7.35. The van der Waals surface area contributed by atoms with E-state index in [0.29, 0.717) is 5.69 Å². The molecule has 0 atom stereocenters. The normalized spacial score (nSPS) is 10.7. The standard InChI is InChI=1S/C12H14BrF2NO2/c13-7-9-1-3-10(4-2-9)16-12(17)5-6-18-8-11(14)15/h1-4,11H,5-8H2,(H,16,17). The van der Waals surface area contributed by atoms with Gasteiger partial charge in [0.1, 0.15) is 6.61 Å². The molecule has 0 unspecified atom stereocenters. The van der Waals surface area contributed by atoms with Crippen LogP contribution in [0.25, 0.3) is 0 Å². The van der Waals surface area contributed by atoms with Crippen molar-refractivity contribution in [1.29, 1.82) is 0 Å². The molecular formula is C12H14BrF2NO2. The van der Waals surface area contributed by atoms with E-state index in [1.807, 2.05) is 12.1 Å².